The molecule has 2 N–H and O–H groups in total. The lowest BCUT2D eigenvalue weighted by Gasteiger charge is -2.15. The van der Waals surface area contributed by atoms with Gasteiger partial charge in [-0.25, -0.2) is 0 Å². The first kappa shape index (κ1) is 18.8. The Morgan fingerprint density at radius 3 is 2.56 bits per heavy atom. The molecule has 2 aromatic rings. The number of rotatable bonds is 6. The predicted molar refractivity (Wildman–Crippen MR) is 86.7 cm³/mol. The molecule has 1 atom stereocenters. The molecule has 25 heavy (non-hydrogen) atoms. The van der Waals surface area contributed by atoms with E-state index < -0.39 is 18.4 Å². The molecule has 0 heterocycles. The monoisotopic (exact) mass is 353 g/mol. The number of nitrogens with two attached hydrogens (primary N) is 1. The van der Waals surface area contributed by atoms with Gasteiger partial charge in [0.15, 0.2) is 0 Å². The second-order valence-electron chi connectivity index (χ2n) is 5.29. The molecule has 0 amide bonds. The molecule has 0 radical (unpaired) electrons. The molecule has 0 aliphatic rings. The van der Waals surface area contributed by atoms with Gasteiger partial charge in [-0.15, -0.1) is 13.2 Å². The minimum atomic E-state index is -4.78. The topological polar surface area (TPSA) is 61.5 Å². The second-order valence-corrected chi connectivity index (χ2v) is 5.29. The lowest BCUT2D eigenvalue weighted by Crippen LogP contribution is -2.18. The summed E-state index contributed by atoms with van der Waals surface area (Å²) in [4.78, 5) is 11.5. The zero-order chi connectivity index (χ0) is 18.4. The van der Waals surface area contributed by atoms with E-state index in [-0.39, 0.29) is 24.3 Å². The van der Waals surface area contributed by atoms with Crippen LogP contribution in [0.1, 0.15) is 24.9 Å². The van der Waals surface area contributed by atoms with Gasteiger partial charge in [0.2, 0.25) is 0 Å². The van der Waals surface area contributed by atoms with E-state index >= 15 is 0 Å². The number of esters is 1. The highest BCUT2D eigenvalue weighted by Crippen LogP contribution is 2.34. The summed E-state index contributed by atoms with van der Waals surface area (Å²) in [6.45, 7) is 1.95. The maximum Gasteiger partial charge on any atom is 0.573 e. The van der Waals surface area contributed by atoms with Crippen LogP contribution in [0, 0.1) is 0 Å². The molecule has 7 heteroatoms. The number of para-hydroxylation sites is 1. The van der Waals surface area contributed by atoms with Crippen LogP contribution < -0.4 is 10.5 Å². The lowest BCUT2D eigenvalue weighted by molar-refractivity contribution is -0.274. The van der Waals surface area contributed by atoms with Crippen molar-refractivity contribution in [3.8, 4) is 16.9 Å². The molecule has 0 spiro atoms. The highest BCUT2D eigenvalue weighted by atomic mass is 19.4. The fourth-order valence-corrected chi connectivity index (χ4v) is 2.37. The summed E-state index contributed by atoms with van der Waals surface area (Å²) >= 11 is 0. The molecular formula is C18H18F3NO3. The van der Waals surface area contributed by atoms with E-state index in [4.69, 9.17) is 10.5 Å². The van der Waals surface area contributed by atoms with Crippen LogP contribution in [0.2, 0.25) is 0 Å². The van der Waals surface area contributed by atoms with Crippen molar-refractivity contribution in [2.24, 2.45) is 5.73 Å². The zero-order valence-electron chi connectivity index (χ0n) is 13.5. The summed E-state index contributed by atoms with van der Waals surface area (Å²) in [5.41, 5.74) is 7.41. The van der Waals surface area contributed by atoms with Crippen LogP contribution in [-0.4, -0.2) is 18.9 Å². The Morgan fingerprint density at radius 2 is 1.88 bits per heavy atom. The van der Waals surface area contributed by atoms with Crippen molar-refractivity contribution in [1.82, 2.24) is 0 Å². The average Bonchev–Trinajstić information content (AvgIpc) is 2.54. The maximum absolute atomic E-state index is 12.6. The van der Waals surface area contributed by atoms with Gasteiger partial charge in [-0.3, -0.25) is 4.79 Å². The lowest BCUT2D eigenvalue weighted by atomic mass is 9.98. The molecule has 0 saturated carbocycles. The van der Waals surface area contributed by atoms with Crippen LogP contribution in [0.3, 0.4) is 0 Å². The Hall–Kier alpha value is -2.54. The zero-order valence-corrected chi connectivity index (χ0v) is 13.5. The van der Waals surface area contributed by atoms with E-state index in [0.717, 1.165) is 0 Å². The summed E-state index contributed by atoms with van der Waals surface area (Å²) in [6.07, 6.45) is -4.80. The third-order valence-corrected chi connectivity index (χ3v) is 3.43. The van der Waals surface area contributed by atoms with Gasteiger partial charge in [0.1, 0.15) is 5.75 Å². The largest absolute Gasteiger partial charge is 0.573 e. The number of alkyl halides is 3. The number of benzene rings is 2. The van der Waals surface area contributed by atoms with Gasteiger partial charge in [-0.1, -0.05) is 36.4 Å². The molecule has 0 aromatic heterocycles. The van der Waals surface area contributed by atoms with Crippen molar-refractivity contribution in [2.75, 3.05) is 6.61 Å². The normalized spacial score (nSPS) is 12.5. The van der Waals surface area contributed by atoms with Crippen LogP contribution in [0.5, 0.6) is 5.75 Å². The molecule has 0 aliphatic heterocycles. The van der Waals surface area contributed by atoms with Gasteiger partial charge in [0.05, 0.1) is 13.0 Å². The van der Waals surface area contributed by atoms with Gasteiger partial charge in [-0.05, 0) is 30.2 Å². The first-order chi connectivity index (χ1) is 11.8. The predicted octanol–water partition coefficient (Wildman–Crippen LogP) is 4.21. The van der Waals surface area contributed by atoms with E-state index in [1.165, 1.54) is 18.2 Å². The fraction of sp³-hybridized carbons (Fsp3) is 0.278. The molecule has 134 valence electrons. The van der Waals surface area contributed by atoms with E-state index in [9.17, 15) is 18.0 Å². The van der Waals surface area contributed by atoms with Crippen molar-refractivity contribution < 1.29 is 27.4 Å². The summed E-state index contributed by atoms with van der Waals surface area (Å²) in [7, 11) is 0. The summed E-state index contributed by atoms with van der Waals surface area (Å²) in [5, 5.41) is 0. The van der Waals surface area contributed by atoms with Gasteiger partial charge in [0.25, 0.3) is 0 Å². The Balaban J connectivity index is 2.29. The van der Waals surface area contributed by atoms with Gasteiger partial charge < -0.3 is 15.2 Å². The molecule has 0 fully saturated rings. The van der Waals surface area contributed by atoms with Crippen molar-refractivity contribution in [2.45, 2.75) is 25.7 Å². The van der Waals surface area contributed by atoms with Crippen LogP contribution >= 0.6 is 0 Å². The third kappa shape index (κ3) is 5.49. The van der Waals surface area contributed by atoms with E-state index in [2.05, 4.69) is 4.74 Å². The number of halogens is 3. The Bertz CT molecular complexity index is 732. The van der Waals surface area contributed by atoms with Crippen molar-refractivity contribution in [3.63, 3.8) is 0 Å². The summed E-state index contributed by atoms with van der Waals surface area (Å²) in [6, 6.07) is 11.9. The minimum absolute atomic E-state index is 0.0159. The number of hydrogen-bond acceptors (Lipinski definition) is 4. The standard InChI is InChI=1S/C18H18F3NO3/c1-2-24-17(23)11-15(22)13-7-5-6-12(10-13)14-8-3-4-9-16(14)25-18(19,20)21/h3-10,15H,2,11,22H2,1H3. The third-order valence-electron chi connectivity index (χ3n) is 3.43. The van der Waals surface area contributed by atoms with Gasteiger partial charge >= 0.3 is 12.3 Å². The Labute approximate surface area is 143 Å². The number of carbonyl (C=O) groups excluding carboxylic acids is 1. The average molecular weight is 353 g/mol. The van der Waals surface area contributed by atoms with Crippen molar-refractivity contribution in [3.05, 3.63) is 54.1 Å². The quantitative estimate of drug-likeness (QED) is 0.791. The smallest absolute Gasteiger partial charge is 0.466 e. The molecule has 2 rings (SSSR count). The Morgan fingerprint density at radius 1 is 1.16 bits per heavy atom. The first-order valence-corrected chi connectivity index (χ1v) is 7.66. The number of hydrogen-bond donors (Lipinski definition) is 1. The summed E-state index contributed by atoms with van der Waals surface area (Å²) < 4.78 is 46.6. The van der Waals surface area contributed by atoms with Crippen LogP contribution in [-0.2, 0) is 9.53 Å². The Kier molecular flexibility index (Phi) is 6.03. The number of ether oxygens (including phenoxy) is 2. The van der Waals surface area contributed by atoms with E-state index in [1.54, 1.807) is 37.3 Å². The van der Waals surface area contributed by atoms with Gasteiger partial charge in [0, 0.05) is 11.6 Å². The maximum atomic E-state index is 12.6. The minimum Gasteiger partial charge on any atom is -0.466 e. The molecule has 0 saturated heterocycles. The second kappa shape index (κ2) is 8.02. The van der Waals surface area contributed by atoms with Crippen LogP contribution in [0.25, 0.3) is 11.1 Å². The van der Waals surface area contributed by atoms with Crippen molar-refractivity contribution >= 4 is 5.97 Å². The first-order valence-electron chi connectivity index (χ1n) is 7.66. The molecule has 0 bridgehead atoms. The number of carbonyl (C=O) groups is 1. The van der Waals surface area contributed by atoms with Crippen LogP contribution in [0.4, 0.5) is 13.2 Å². The van der Waals surface area contributed by atoms with Gasteiger partial charge in [-0.2, -0.15) is 0 Å². The molecule has 4 nitrogen and oxygen atoms in total. The van der Waals surface area contributed by atoms with E-state index in [0.29, 0.717) is 11.1 Å². The molecular weight excluding hydrogens is 335 g/mol. The molecule has 2 aromatic carbocycles. The highest BCUT2D eigenvalue weighted by Gasteiger charge is 2.32. The highest BCUT2D eigenvalue weighted by molar-refractivity contribution is 5.72. The molecule has 1 unspecified atom stereocenters. The fourth-order valence-electron chi connectivity index (χ4n) is 2.37. The molecule has 0 aliphatic carbocycles. The SMILES string of the molecule is CCOC(=O)CC(N)c1cccc(-c2ccccc2OC(F)(F)F)c1. The summed E-state index contributed by atoms with van der Waals surface area (Å²) in [5.74, 6) is -0.729. The van der Waals surface area contributed by atoms with Crippen molar-refractivity contribution in [1.29, 1.82) is 0 Å². The van der Waals surface area contributed by atoms with Crippen LogP contribution in [0.15, 0.2) is 48.5 Å². The van der Waals surface area contributed by atoms with E-state index in [1.807, 2.05) is 0 Å².